The highest BCUT2D eigenvalue weighted by Gasteiger charge is 2.17. The quantitative estimate of drug-likeness (QED) is 0.177. The molecule has 0 radical (unpaired) electrons. The van der Waals surface area contributed by atoms with E-state index in [9.17, 15) is 4.79 Å². The van der Waals surface area contributed by atoms with Crippen molar-refractivity contribution in [2.45, 2.75) is 0 Å². The van der Waals surface area contributed by atoms with Crippen molar-refractivity contribution in [1.29, 1.82) is 0 Å². The predicted octanol–water partition coefficient (Wildman–Crippen LogP) is 4.20. The van der Waals surface area contributed by atoms with Crippen LogP contribution >= 0.6 is 11.3 Å². The Hall–Kier alpha value is -4.25. The molecule has 0 fully saturated rings. The van der Waals surface area contributed by atoms with Crippen molar-refractivity contribution in [3.8, 4) is 22.0 Å². The number of carbonyl (C=O) groups is 1. The molecule has 4 N–H and O–H groups in total. The summed E-state index contributed by atoms with van der Waals surface area (Å²) in [5.41, 5.74) is 9.28. The lowest BCUT2D eigenvalue weighted by atomic mass is 10.1. The summed E-state index contributed by atoms with van der Waals surface area (Å²) >= 11 is 1.48. The number of anilines is 2. The zero-order chi connectivity index (χ0) is 24.7. The molecular weight excluding hydrogens is 472 g/mol. The summed E-state index contributed by atoms with van der Waals surface area (Å²) in [5.74, 6) is 0.702. The Morgan fingerprint density at radius 3 is 2.58 bits per heavy atom. The Morgan fingerprint density at radius 1 is 0.917 bits per heavy atom. The van der Waals surface area contributed by atoms with Gasteiger partial charge in [-0.15, -0.1) is 0 Å². The minimum atomic E-state index is -0.335. The summed E-state index contributed by atoms with van der Waals surface area (Å²) in [5, 5.41) is 7.05. The lowest BCUT2D eigenvalue weighted by molar-refractivity contribution is 0.102. The highest BCUT2D eigenvalue weighted by atomic mass is 32.1. The van der Waals surface area contributed by atoms with E-state index in [1.54, 1.807) is 12.3 Å². The van der Waals surface area contributed by atoms with Crippen molar-refractivity contribution >= 4 is 39.1 Å². The monoisotopic (exact) mass is 496 g/mol. The van der Waals surface area contributed by atoms with Crippen molar-refractivity contribution in [1.82, 2.24) is 30.8 Å². The topological polar surface area (TPSA) is 117 Å². The third-order valence-electron chi connectivity index (χ3n) is 5.30. The zero-order valence-corrected chi connectivity index (χ0v) is 20.3. The maximum absolute atomic E-state index is 13.4. The second-order valence-electron chi connectivity index (χ2n) is 7.78. The Labute approximate surface area is 212 Å². The van der Waals surface area contributed by atoms with Gasteiger partial charge in [0.25, 0.3) is 5.91 Å². The lowest BCUT2D eigenvalue weighted by Gasteiger charge is -2.12. The fraction of sp³-hybridized carbons (Fsp3) is 0.115. The first-order valence-corrected chi connectivity index (χ1v) is 12.2. The fourth-order valence-corrected chi connectivity index (χ4v) is 4.55. The van der Waals surface area contributed by atoms with Gasteiger partial charge in [0.2, 0.25) is 0 Å². The molecule has 0 aliphatic carbocycles. The van der Waals surface area contributed by atoms with Gasteiger partial charge >= 0.3 is 0 Å². The number of carbonyl (C=O) groups excluding carboxylic acids is 1. The van der Waals surface area contributed by atoms with E-state index < -0.39 is 0 Å². The van der Waals surface area contributed by atoms with E-state index in [4.69, 9.17) is 4.98 Å². The number of thiazole rings is 1. The van der Waals surface area contributed by atoms with Gasteiger partial charge in [-0.2, -0.15) is 0 Å². The molecule has 2 aromatic carbocycles. The number of hydrogen-bond acceptors (Lipinski definition) is 9. The molecule has 180 valence electrons. The van der Waals surface area contributed by atoms with Crippen LogP contribution in [0.25, 0.3) is 32.3 Å². The molecule has 3 heterocycles. The molecule has 10 heteroatoms. The van der Waals surface area contributed by atoms with E-state index >= 15 is 0 Å². The van der Waals surface area contributed by atoms with Crippen LogP contribution in [0.15, 0.2) is 79.0 Å². The molecule has 0 aliphatic rings. The summed E-state index contributed by atoms with van der Waals surface area (Å²) < 4.78 is 0. The molecule has 0 bridgehead atoms. The first kappa shape index (κ1) is 23.5. The van der Waals surface area contributed by atoms with Crippen LogP contribution in [0.1, 0.15) is 10.5 Å². The highest BCUT2D eigenvalue weighted by molar-refractivity contribution is 7.21. The van der Waals surface area contributed by atoms with Crippen LogP contribution in [0.4, 0.5) is 11.5 Å². The van der Waals surface area contributed by atoms with Gasteiger partial charge in [-0.25, -0.2) is 19.9 Å². The number of amides is 1. The highest BCUT2D eigenvalue weighted by Crippen LogP contribution is 2.33. The van der Waals surface area contributed by atoms with Crippen molar-refractivity contribution < 1.29 is 4.79 Å². The zero-order valence-electron chi connectivity index (χ0n) is 19.5. The Kier molecular flexibility index (Phi) is 7.17. The third-order valence-corrected chi connectivity index (χ3v) is 6.31. The van der Waals surface area contributed by atoms with Crippen LogP contribution in [0, 0.1) is 0 Å². The summed E-state index contributed by atoms with van der Waals surface area (Å²) in [6.07, 6.45) is 1.75. The first-order chi connectivity index (χ1) is 17.7. The average molecular weight is 497 g/mol. The SMILES string of the molecule is CNNCCNc1cc(C(=O)Nc2ccccc2-c2nc3cccnc3s2)nc(-c2ccccc2)n1. The summed E-state index contributed by atoms with van der Waals surface area (Å²) in [7, 11) is 1.81. The van der Waals surface area contributed by atoms with Gasteiger partial charge in [0, 0.05) is 36.5 Å². The van der Waals surface area contributed by atoms with Gasteiger partial charge in [-0.3, -0.25) is 15.6 Å². The number of aromatic nitrogens is 4. The molecule has 0 unspecified atom stereocenters. The molecule has 36 heavy (non-hydrogen) atoms. The summed E-state index contributed by atoms with van der Waals surface area (Å²) in [4.78, 5) is 32.5. The first-order valence-electron chi connectivity index (χ1n) is 11.4. The van der Waals surface area contributed by atoms with Crippen LogP contribution in [-0.2, 0) is 0 Å². The van der Waals surface area contributed by atoms with Gasteiger partial charge < -0.3 is 10.6 Å². The predicted molar refractivity (Wildman–Crippen MR) is 144 cm³/mol. The Morgan fingerprint density at radius 2 is 1.75 bits per heavy atom. The van der Waals surface area contributed by atoms with Crippen molar-refractivity contribution in [2.24, 2.45) is 0 Å². The molecule has 5 aromatic rings. The molecule has 9 nitrogen and oxygen atoms in total. The van der Waals surface area contributed by atoms with E-state index in [0.717, 1.165) is 26.5 Å². The fourth-order valence-electron chi connectivity index (χ4n) is 3.60. The molecule has 0 saturated heterocycles. The van der Waals surface area contributed by atoms with Crippen LogP contribution in [0.3, 0.4) is 0 Å². The van der Waals surface area contributed by atoms with Gasteiger partial charge in [0.05, 0.1) is 5.69 Å². The molecule has 0 aliphatic heterocycles. The van der Waals surface area contributed by atoms with E-state index in [1.807, 2.05) is 73.8 Å². The third kappa shape index (κ3) is 5.36. The Bertz CT molecular complexity index is 1460. The van der Waals surface area contributed by atoms with E-state index in [-0.39, 0.29) is 11.6 Å². The number of nitrogens with one attached hydrogen (secondary N) is 4. The number of pyridine rings is 1. The molecule has 0 spiro atoms. The summed E-state index contributed by atoms with van der Waals surface area (Å²) in [6.45, 7) is 1.29. The smallest absolute Gasteiger partial charge is 0.274 e. The minimum absolute atomic E-state index is 0.258. The van der Waals surface area contributed by atoms with E-state index in [1.165, 1.54) is 11.3 Å². The lowest BCUT2D eigenvalue weighted by Crippen LogP contribution is -2.32. The van der Waals surface area contributed by atoms with Gasteiger partial charge in [-0.1, -0.05) is 53.8 Å². The van der Waals surface area contributed by atoms with Crippen molar-refractivity contribution in [3.63, 3.8) is 0 Å². The number of hydrazine groups is 1. The van der Waals surface area contributed by atoms with Crippen molar-refractivity contribution in [3.05, 3.63) is 84.7 Å². The number of benzene rings is 2. The second-order valence-corrected chi connectivity index (χ2v) is 8.76. The second kappa shape index (κ2) is 11.0. The molecule has 0 atom stereocenters. The Balaban J connectivity index is 1.45. The largest absolute Gasteiger partial charge is 0.369 e. The van der Waals surface area contributed by atoms with E-state index in [2.05, 4.69) is 36.4 Å². The number of rotatable bonds is 9. The molecule has 5 rings (SSSR count). The van der Waals surface area contributed by atoms with Crippen molar-refractivity contribution in [2.75, 3.05) is 30.8 Å². The molecule has 0 saturated carbocycles. The van der Waals surface area contributed by atoms with Crippen LogP contribution in [0.5, 0.6) is 0 Å². The maximum atomic E-state index is 13.4. The van der Waals surface area contributed by atoms with Gasteiger partial charge in [-0.05, 0) is 31.3 Å². The van der Waals surface area contributed by atoms with Crippen LogP contribution in [-0.4, -0.2) is 46.0 Å². The minimum Gasteiger partial charge on any atom is -0.369 e. The van der Waals surface area contributed by atoms with E-state index in [0.29, 0.717) is 30.4 Å². The standard InChI is InChI=1S/C26H24N8OS/c1-27-30-15-14-28-22-16-21(31-23(34-22)17-8-3-2-4-9-17)24(35)32-19-11-6-5-10-18(19)25-33-20-12-7-13-29-26(20)36-25/h2-13,16,27,30H,14-15H2,1H3,(H,32,35)(H,28,31,34). The van der Waals surface area contributed by atoms with Gasteiger partial charge in [0.15, 0.2) is 5.82 Å². The summed E-state index contributed by atoms with van der Waals surface area (Å²) in [6, 6.07) is 22.6. The molecule has 3 aromatic heterocycles. The maximum Gasteiger partial charge on any atom is 0.274 e. The van der Waals surface area contributed by atoms with Crippen LogP contribution in [0.2, 0.25) is 0 Å². The van der Waals surface area contributed by atoms with Crippen LogP contribution < -0.4 is 21.5 Å². The average Bonchev–Trinajstić information content (AvgIpc) is 3.36. The number of hydrogen-bond donors (Lipinski definition) is 4. The molecule has 1 amide bonds. The number of nitrogens with zero attached hydrogens (tertiary/aromatic N) is 4. The number of fused-ring (bicyclic) bond motifs is 1. The number of para-hydroxylation sites is 1. The van der Waals surface area contributed by atoms with Gasteiger partial charge in [0.1, 0.15) is 26.9 Å². The normalized spacial score (nSPS) is 10.9. The molecular formula is C26H24N8OS.